The molecule has 5 nitrogen and oxygen atoms in total. The first-order valence-corrected chi connectivity index (χ1v) is 11.8. The molecule has 1 N–H and O–H groups in total. The van der Waals surface area contributed by atoms with Gasteiger partial charge in [-0.2, -0.15) is 13.2 Å². The van der Waals surface area contributed by atoms with E-state index in [0.717, 1.165) is 24.1 Å². The van der Waals surface area contributed by atoms with Crippen molar-refractivity contribution in [3.05, 3.63) is 113 Å². The van der Waals surface area contributed by atoms with E-state index in [0.29, 0.717) is 41.2 Å². The number of anilines is 1. The Hall–Kier alpha value is -4.33. The number of rotatable bonds is 4. The van der Waals surface area contributed by atoms with Crippen molar-refractivity contribution in [1.82, 2.24) is 9.47 Å². The number of amides is 2. The number of alkyl halides is 3. The number of aromatic nitrogens is 1. The van der Waals surface area contributed by atoms with Crippen molar-refractivity contribution in [2.24, 2.45) is 7.05 Å². The highest BCUT2D eigenvalue weighted by Gasteiger charge is 2.30. The predicted molar refractivity (Wildman–Crippen MR) is 135 cm³/mol. The summed E-state index contributed by atoms with van der Waals surface area (Å²) >= 11 is 0. The minimum Gasteiger partial charge on any atom is -0.344 e. The summed E-state index contributed by atoms with van der Waals surface area (Å²) in [5.41, 5.74) is 3.84. The van der Waals surface area contributed by atoms with Gasteiger partial charge < -0.3 is 14.8 Å². The average Bonchev–Trinajstić information content (AvgIpc) is 3.27. The maximum Gasteiger partial charge on any atom is 0.416 e. The van der Waals surface area contributed by atoms with Crippen LogP contribution in [-0.2, 0) is 26.2 Å². The Morgan fingerprint density at radius 2 is 1.57 bits per heavy atom. The van der Waals surface area contributed by atoms with Crippen LogP contribution in [0.5, 0.6) is 0 Å². The lowest BCUT2D eigenvalue weighted by atomic mass is 9.98. The van der Waals surface area contributed by atoms with Crippen molar-refractivity contribution >= 4 is 17.5 Å². The zero-order chi connectivity index (χ0) is 26.2. The second kappa shape index (κ2) is 9.61. The number of hydrogen-bond donors (Lipinski definition) is 1. The largest absolute Gasteiger partial charge is 0.416 e. The molecule has 0 saturated carbocycles. The molecular weight excluding hydrogens is 479 g/mol. The molecule has 0 aliphatic carbocycles. The maximum absolute atomic E-state index is 13.2. The van der Waals surface area contributed by atoms with E-state index in [9.17, 15) is 22.8 Å². The van der Waals surface area contributed by atoms with Crippen LogP contribution in [0.2, 0.25) is 0 Å². The summed E-state index contributed by atoms with van der Waals surface area (Å²) in [6.45, 7) is 1.14. The molecule has 5 rings (SSSR count). The van der Waals surface area contributed by atoms with E-state index < -0.39 is 17.6 Å². The lowest BCUT2D eigenvalue weighted by molar-refractivity contribution is -0.137. The van der Waals surface area contributed by atoms with Crippen LogP contribution in [0.4, 0.5) is 18.9 Å². The number of nitrogens with zero attached hydrogens (tertiary/aromatic N) is 2. The van der Waals surface area contributed by atoms with Gasteiger partial charge in [0.1, 0.15) is 5.69 Å². The highest BCUT2D eigenvalue weighted by atomic mass is 19.4. The third kappa shape index (κ3) is 5.00. The molecule has 1 aliphatic rings. The highest BCUT2D eigenvalue weighted by Crippen LogP contribution is 2.32. The normalized spacial score (nSPS) is 13.2. The van der Waals surface area contributed by atoms with E-state index in [2.05, 4.69) is 11.4 Å². The molecular formula is C29H24F3N3O2. The molecule has 0 unspecified atom stereocenters. The fourth-order valence-electron chi connectivity index (χ4n) is 4.65. The second-order valence-corrected chi connectivity index (χ2v) is 9.05. The second-order valence-electron chi connectivity index (χ2n) is 9.05. The molecule has 2 heterocycles. The summed E-state index contributed by atoms with van der Waals surface area (Å²) in [7, 11) is 1.75. The van der Waals surface area contributed by atoms with Crippen molar-refractivity contribution in [2.45, 2.75) is 19.1 Å². The van der Waals surface area contributed by atoms with Crippen LogP contribution in [0.1, 0.15) is 37.5 Å². The first-order valence-electron chi connectivity index (χ1n) is 11.8. The third-order valence-corrected chi connectivity index (χ3v) is 6.59. The van der Waals surface area contributed by atoms with Gasteiger partial charge in [0.15, 0.2) is 0 Å². The zero-order valence-electron chi connectivity index (χ0n) is 20.0. The number of carbonyl (C=O) groups is 2. The lowest BCUT2D eigenvalue weighted by Gasteiger charge is -2.28. The number of halogens is 3. The minimum absolute atomic E-state index is 0.123. The summed E-state index contributed by atoms with van der Waals surface area (Å²) in [6.07, 6.45) is -1.98. The van der Waals surface area contributed by atoms with E-state index in [-0.39, 0.29) is 5.91 Å². The fraction of sp³-hybridized carbons (Fsp3) is 0.172. The van der Waals surface area contributed by atoms with Gasteiger partial charge in [0.2, 0.25) is 0 Å². The summed E-state index contributed by atoms with van der Waals surface area (Å²) in [4.78, 5) is 28.2. The molecule has 0 bridgehead atoms. The van der Waals surface area contributed by atoms with E-state index in [1.807, 2.05) is 18.2 Å². The Bertz CT molecular complexity index is 1470. The first-order chi connectivity index (χ1) is 17.7. The van der Waals surface area contributed by atoms with Crippen LogP contribution in [-0.4, -0.2) is 27.8 Å². The molecule has 2 amide bonds. The van der Waals surface area contributed by atoms with Gasteiger partial charge in [-0.05, 0) is 52.9 Å². The predicted octanol–water partition coefficient (Wildman–Crippen LogP) is 6.16. The molecule has 3 aromatic carbocycles. The highest BCUT2D eigenvalue weighted by molar-refractivity contribution is 6.09. The van der Waals surface area contributed by atoms with Crippen molar-refractivity contribution < 1.29 is 22.8 Å². The van der Waals surface area contributed by atoms with Crippen molar-refractivity contribution in [3.8, 4) is 11.1 Å². The van der Waals surface area contributed by atoms with Gasteiger partial charge in [-0.25, -0.2) is 0 Å². The molecule has 1 aliphatic heterocycles. The topological polar surface area (TPSA) is 54.3 Å². The van der Waals surface area contributed by atoms with Gasteiger partial charge in [0.25, 0.3) is 11.8 Å². The zero-order valence-corrected chi connectivity index (χ0v) is 20.0. The smallest absolute Gasteiger partial charge is 0.344 e. The number of nitrogens with one attached hydrogen (secondary N) is 1. The maximum atomic E-state index is 13.2. The van der Waals surface area contributed by atoms with Crippen LogP contribution in [0, 0.1) is 0 Å². The third-order valence-electron chi connectivity index (χ3n) is 6.59. The molecule has 0 spiro atoms. The molecule has 188 valence electrons. The number of carbonyl (C=O) groups excluding carboxylic acids is 2. The molecule has 8 heteroatoms. The Kier molecular flexibility index (Phi) is 6.33. The molecule has 4 aromatic rings. The van der Waals surface area contributed by atoms with Gasteiger partial charge in [-0.1, -0.05) is 54.6 Å². The monoisotopic (exact) mass is 503 g/mol. The van der Waals surface area contributed by atoms with Gasteiger partial charge in [0, 0.05) is 31.9 Å². The summed E-state index contributed by atoms with van der Waals surface area (Å²) < 4.78 is 40.5. The SMILES string of the molecule is Cn1cc(NC(=O)c2ccccc2-c2ccc(C(F)(F)F)cc2)cc1C(=O)N1CCc2ccccc2C1. The fourth-order valence-corrected chi connectivity index (χ4v) is 4.65. The minimum atomic E-state index is -4.44. The Labute approximate surface area is 212 Å². The van der Waals surface area contributed by atoms with Gasteiger partial charge in [-0.3, -0.25) is 9.59 Å². The number of benzene rings is 3. The van der Waals surface area contributed by atoms with Crippen LogP contribution >= 0.6 is 0 Å². The number of fused-ring (bicyclic) bond motifs is 1. The quantitative estimate of drug-likeness (QED) is 0.363. The van der Waals surface area contributed by atoms with Crippen LogP contribution in [0.15, 0.2) is 85.1 Å². The summed E-state index contributed by atoms with van der Waals surface area (Å²) in [5, 5.41) is 2.83. The number of hydrogen-bond acceptors (Lipinski definition) is 2. The molecule has 37 heavy (non-hydrogen) atoms. The van der Waals surface area contributed by atoms with Crippen molar-refractivity contribution in [1.29, 1.82) is 0 Å². The Morgan fingerprint density at radius 1 is 0.892 bits per heavy atom. The summed E-state index contributed by atoms with van der Waals surface area (Å²) in [5.74, 6) is -0.547. The van der Waals surface area contributed by atoms with E-state index >= 15 is 0 Å². The van der Waals surface area contributed by atoms with Crippen LogP contribution in [0.25, 0.3) is 11.1 Å². The lowest BCUT2D eigenvalue weighted by Crippen LogP contribution is -2.36. The summed E-state index contributed by atoms with van der Waals surface area (Å²) in [6, 6.07) is 21.1. The number of aryl methyl sites for hydroxylation is 1. The van der Waals surface area contributed by atoms with Crippen molar-refractivity contribution in [3.63, 3.8) is 0 Å². The Balaban J connectivity index is 1.34. The van der Waals surface area contributed by atoms with E-state index in [1.54, 1.807) is 53.0 Å². The molecule has 0 saturated heterocycles. The molecule has 0 radical (unpaired) electrons. The van der Waals surface area contributed by atoms with E-state index in [1.165, 1.54) is 17.7 Å². The Morgan fingerprint density at radius 3 is 2.30 bits per heavy atom. The van der Waals surface area contributed by atoms with E-state index in [4.69, 9.17) is 0 Å². The van der Waals surface area contributed by atoms with Gasteiger partial charge >= 0.3 is 6.18 Å². The average molecular weight is 504 g/mol. The van der Waals surface area contributed by atoms with Crippen molar-refractivity contribution in [2.75, 3.05) is 11.9 Å². The molecule has 1 aromatic heterocycles. The van der Waals surface area contributed by atoms with Crippen LogP contribution in [0.3, 0.4) is 0 Å². The molecule has 0 fully saturated rings. The van der Waals surface area contributed by atoms with Gasteiger partial charge in [-0.15, -0.1) is 0 Å². The van der Waals surface area contributed by atoms with Crippen LogP contribution < -0.4 is 5.32 Å². The molecule has 0 atom stereocenters. The first kappa shape index (κ1) is 24.4. The standard InChI is InChI=1S/C29H24F3N3O2/c1-34-18-23(16-26(34)28(37)35-15-14-19-6-2-3-7-21(19)17-35)33-27(36)25-9-5-4-8-24(25)20-10-12-22(13-11-20)29(30,31)32/h2-13,16,18H,14-15,17H2,1H3,(H,33,36). The van der Waals surface area contributed by atoms with Gasteiger partial charge in [0.05, 0.1) is 11.3 Å².